The summed E-state index contributed by atoms with van der Waals surface area (Å²) in [4.78, 5) is 15.7. The van der Waals surface area contributed by atoms with Crippen LogP contribution in [0.5, 0.6) is 5.75 Å². The fourth-order valence-corrected chi connectivity index (χ4v) is 4.90. The summed E-state index contributed by atoms with van der Waals surface area (Å²) in [5.74, 6) is 0.978. The van der Waals surface area contributed by atoms with Crippen LogP contribution in [0.2, 0.25) is 5.02 Å². The van der Waals surface area contributed by atoms with Gasteiger partial charge < -0.3 is 15.0 Å². The molecule has 32 heavy (non-hydrogen) atoms. The summed E-state index contributed by atoms with van der Waals surface area (Å²) in [5.41, 5.74) is 6.04. The van der Waals surface area contributed by atoms with E-state index in [0.29, 0.717) is 18.0 Å². The fourth-order valence-electron chi connectivity index (χ4n) is 4.78. The number of carbonyl (C=O) groups is 1. The molecule has 2 aliphatic rings. The van der Waals surface area contributed by atoms with E-state index >= 15 is 0 Å². The van der Waals surface area contributed by atoms with E-state index in [0.717, 1.165) is 52.4 Å². The minimum atomic E-state index is -0.263. The Bertz CT molecular complexity index is 1190. The van der Waals surface area contributed by atoms with Crippen molar-refractivity contribution in [2.24, 2.45) is 0 Å². The third-order valence-electron chi connectivity index (χ3n) is 6.24. The maximum atomic E-state index is 13.4. The fraction of sp³-hybridized carbons (Fsp3) is 0.222. The molecule has 5 heteroatoms. The van der Waals surface area contributed by atoms with Crippen molar-refractivity contribution in [3.05, 3.63) is 100 Å². The molecule has 1 N–H and O–H groups in total. The summed E-state index contributed by atoms with van der Waals surface area (Å²) in [7, 11) is 1.68. The molecular weight excluding hydrogens is 420 g/mol. The predicted molar refractivity (Wildman–Crippen MR) is 129 cm³/mol. The number of methoxy groups -OCH3 is 1. The number of anilines is 2. The Balaban J connectivity index is 1.75. The lowest BCUT2D eigenvalue weighted by molar-refractivity contribution is -0.116. The second-order valence-electron chi connectivity index (χ2n) is 8.21. The first-order valence-electron chi connectivity index (χ1n) is 10.9. The highest BCUT2D eigenvalue weighted by Crippen LogP contribution is 2.47. The van der Waals surface area contributed by atoms with Gasteiger partial charge in [0.05, 0.1) is 24.5 Å². The highest BCUT2D eigenvalue weighted by molar-refractivity contribution is 6.30. The van der Waals surface area contributed by atoms with Crippen LogP contribution in [0.3, 0.4) is 0 Å². The molecule has 3 aromatic rings. The molecule has 0 spiro atoms. The highest BCUT2D eigenvalue weighted by atomic mass is 35.5. The van der Waals surface area contributed by atoms with E-state index in [1.807, 2.05) is 54.6 Å². The van der Waals surface area contributed by atoms with Crippen molar-refractivity contribution >= 4 is 28.8 Å². The molecule has 1 aliphatic carbocycles. The zero-order chi connectivity index (χ0) is 22.1. The number of ketones is 1. The summed E-state index contributed by atoms with van der Waals surface area (Å²) in [6, 6.07) is 23.9. The maximum Gasteiger partial charge on any atom is 0.163 e. The number of halogens is 1. The predicted octanol–water partition coefficient (Wildman–Crippen LogP) is 6.53. The van der Waals surface area contributed by atoms with Gasteiger partial charge in [0.15, 0.2) is 5.78 Å². The van der Waals surface area contributed by atoms with Crippen LogP contribution in [0.4, 0.5) is 11.4 Å². The van der Waals surface area contributed by atoms with Crippen molar-refractivity contribution in [3.8, 4) is 5.75 Å². The second-order valence-corrected chi connectivity index (χ2v) is 8.65. The average Bonchev–Trinajstić information content (AvgIpc) is 2.95. The van der Waals surface area contributed by atoms with Gasteiger partial charge in [-0.1, -0.05) is 54.1 Å². The standard InChI is InChI=1S/C27H25ClN2O2/c1-32-25-12-5-2-7-20(25)27-26-22(9-6-11-24(26)31)29-21-8-3-4-10-23(21)30(27)17-18-13-15-19(28)16-14-18/h2-5,7-8,10,12-16,27,29H,6,9,11,17H2,1H3/t27-/m1/s1. The minimum Gasteiger partial charge on any atom is -0.496 e. The average molecular weight is 445 g/mol. The molecular formula is C27H25ClN2O2. The molecule has 3 aromatic carbocycles. The van der Waals surface area contributed by atoms with Crippen LogP contribution in [-0.2, 0) is 11.3 Å². The van der Waals surface area contributed by atoms with E-state index in [1.165, 1.54) is 0 Å². The first-order valence-corrected chi connectivity index (χ1v) is 11.3. The minimum absolute atomic E-state index is 0.198. The second kappa shape index (κ2) is 8.71. The van der Waals surface area contributed by atoms with Crippen molar-refractivity contribution in [2.75, 3.05) is 17.3 Å². The van der Waals surface area contributed by atoms with E-state index in [2.05, 4.69) is 28.4 Å². The van der Waals surface area contributed by atoms with Gasteiger partial charge in [-0.05, 0) is 48.7 Å². The van der Waals surface area contributed by atoms with Gasteiger partial charge in [0.2, 0.25) is 0 Å². The van der Waals surface area contributed by atoms with E-state index in [1.54, 1.807) is 7.11 Å². The van der Waals surface area contributed by atoms with Crippen LogP contribution >= 0.6 is 11.6 Å². The van der Waals surface area contributed by atoms with Crippen molar-refractivity contribution in [1.82, 2.24) is 0 Å². The Labute approximate surface area is 193 Å². The number of Topliss-reactive ketones (excluding diaryl/α,β-unsaturated/α-hetero) is 1. The third kappa shape index (κ3) is 3.76. The van der Waals surface area contributed by atoms with Crippen LogP contribution in [0.1, 0.15) is 36.4 Å². The van der Waals surface area contributed by atoms with E-state index in [-0.39, 0.29) is 11.8 Å². The van der Waals surface area contributed by atoms with Gasteiger partial charge in [-0.3, -0.25) is 4.79 Å². The number of hydrogen-bond donors (Lipinski definition) is 1. The van der Waals surface area contributed by atoms with Gasteiger partial charge in [0, 0.05) is 34.8 Å². The number of hydrogen-bond acceptors (Lipinski definition) is 4. The van der Waals surface area contributed by atoms with Gasteiger partial charge in [-0.2, -0.15) is 0 Å². The third-order valence-corrected chi connectivity index (χ3v) is 6.49. The van der Waals surface area contributed by atoms with E-state index in [4.69, 9.17) is 16.3 Å². The molecule has 162 valence electrons. The molecule has 1 aliphatic heterocycles. The Hall–Kier alpha value is -3.24. The number of allylic oxidation sites excluding steroid dienone is 1. The Morgan fingerprint density at radius 1 is 1.00 bits per heavy atom. The molecule has 5 rings (SSSR count). The molecule has 1 atom stereocenters. The summed E-state index contributed by atoms with van der Waals surface area (Å²) >= 11 is 6.14. The smallest absolute Gasteiger partial charge is 0.163 e. The van der Waals surface area contributed by atoms with Crippen LogP contribution in [0, 0.1) is 0 Å². The number of ether oxygens (including phenoxy) is 1. The Kier molecular flexibility index (Phi) is 5.62. The van der Waals surface area contributed by atoms with Gasteiger partial charge in [-0.25, -0.2) is 0 Å². The highest BCUT2D eigenvalue weighted by Gasteiger charge is 2.37. The normalized spacial score (nSPS) is 17.9. The van der Waals surface area contributed by atoms with Crippen molar-refractivity contribution in [3.63, 3.8) is 0 Å². The Morgan fingerprint density at radius 3 is 2.56 bits per heavy atom. The van der Waals surface area contributed by atoms with Gasteiger partial charge >= 0.3 is 0 Å². The largest absolute Gasteiger partial charge is 0.496 e. The van der Waals surface area contributed by atoms with E-state index < -0.39 is 0 Å². The lowest BCUT2D eigenvalue weighted by Crippen LogP contribution is -2.33. The number of carbonyl (C=O) groups excluding carboxylic acids is 1. The molecule has 1 heterocycles. The molecule has 0 unspecified atom stereocenters. The molecule has 0 aromatic heterocycles. The Morgan fingerprint density at radius 2 is 1.75 bits per heavy atom. The van der Waals surface area contributed by atoms with Crippen LogP contribution in [0.15, 0.2) is 84.1 Å². The topological polar surface area (TPSA) is 41.6 Å². The zero-order valence-electron chi connectivity index (χ0n) is 18.0. The first kappa shape index (κ1) is 20.7. The van der Waals surface area contributed by atoms with Crippen molar-refractivity contribution in [2.45, 2.75) is 31.8 Å². The van der Waals surface area contributed by atoms with E-state index in [9.17, 15) is 4.79 Å². The monoisotopic (exact) mass is 444 g/mol. The lowest BCUT2D eigenvalue weighted by Gasteiger charge is -2.36. The molecule has 4 nitrogen and oxygen atoms in total. The van der Waals surface area contributed by atoms with Crippen LogP contribution in [-0.4, -0.2) is 12.9 Å². The van der Waals surface area contributed by atoms with Gasteiger partial charge in [0.1, 0.15) is 5.75 Å². The molecule has 0 amide bonds. The number of fused-ring (bicyclic) bond motifs is 1. The molecule has 0 radical (unpaired) electrons. The van der Waals surface area contributed by atoms with Crippen LogP contribution < -0.4 is 15.0 Å². The molecule has 0 saturated carbocycles. The quantitative estimate of drug-likeness (QED) is 0.496. The maximum absolute atomic E-state index is 13.4. The number of para-hydroxylation sites is 3. The number of benzene rings is 3. The number of rotatable bonds is 4. The lowest BCUT2D eigenvalue weighted by atomic mass is 9.85. The number of nitrogens with zero attached hydrogens (tertiary/aromatic N) is 1. The molecule has 0 saturated heterocycles. The van der Waals surface area contributed by atoms with Crippen molar-refractivity contribution in [1.29, 1.82) is 0 Å². The van der Waals surface area contributed by atoms with Gasteiger partial charge in [0.25, 0.3) is 0 Å². The van der Waals surface area contributed by atoms with Gasteiger partial charge in [-0.15, -0.1) is 0 Å². The summed E-state index contributed by atoms with van der Waals surface area (Å²) in [6.07, 6.45) is 2.29. The molecule has 0 fully saturated rings. The summed E-state index contributed by atoms with van der Waals surface area (Å²) in [6.45, 7) is 0.628. The SMILES string of the molecule is COc1ccccc1[C@@H]1C2=C(CCCC2=O)Nc2ccccc2N1Cc1ccc(Cl)cc1. The summed E-state index contributed by atoms with van der Waals surface area (Å²) < 4.78 is 5.76. The van der Waals surface area contributed by atoms with Crippen molar-refractivity contribution < 1.29 is 9.53 Å². The first-order chi connectivity index (χ1) is 15.7. The molecule has 0 bridgehead atoms. The zero-order valence-corrected chi connectivity index (χ0v) is 18.7. The van der Waals surface area contributed by atoms with Crippen LogP contribution in [0.25, 0.3) is 0 Å². The summed E-state index contributed by atoms with van der Waals surface area (Å²) in [5, 5.41) is 4.32. The number of nitrogens with one attached hydrogen (secondary N) is 1.